The van der Waals surface area contributed by atoms with Gasteiger partial charge < -0.3 is 4.74 Å². The van der Waals surface area contributed by atoms with Gasteiger partial charge in [-0.15, -0.1) is 0 Å². The Morgan fingerprint density at radius 1 is 1.40 bits per heavy atom. The van der Waals surface area contributed by atoms with Crippen molar-refractivity contribution in [2.24, 2.45) is 10.8 Å². The van der Waals surface area contributed by atoms with E-state index in [1.54, 1.807) is 0 Å². The van der Waals surface area contributed by atoms with Gasteiger partial charge in [0.15, 0.2) is 5.50 Å². The molecular weight excluding hydrogens is 270 g/mol. The van der Waals surface area contributed by atoms with Crippen molar-refractivity contribution in [2.75, 3.05) is 6.61 Å². The molecule has 0 saturated carbocycles. The van der Waals surface area contributed by atoms with Crippen molar-refractivity contribution in [3.63, 3.8) is 0 Å². The summed E-state index contributed by atoms with van der Waals surface area (Å²) in [5.41, 5.74) is 12.8. The molecule has 2 rings (SSSR count). The van der Waals surface area contributed by atoms with Crippen LogP contribution in [0.3, 0.4) is 0 Å². The van der Waals surface area contributed by atoms with E-state index < -0.39 is 5.50 Å². The van der Waals surface area contributed by atoms with Crippen molar-refractivity contribution in [3.05, 3.63) is 47.4 Å². The predicted octanol–water partition coefficient (Wildman–Crippen LogP) is 4.22. The molecule has 0 heterocycles. The summed E-state index contributed by atoms with van der Waals surface area (Å²) < 4.78 is 5.69. The van der Waals surface area contributed by atoms with Crippen LogP contribution in [0.15, 0.2) is 46.9 Å². The van der Waals surface area contributed by atoms with Crippen LogP contribution in [0.25, 0.3) is 16.8 Å². The topological polar surface area (TPSA) is 71.5 Å². The maximum atomic E-state index is 6.81. The Labute approximate surface area is 122 Å². The van der Waals surface area contributed by atoms with E-state index in [-0.39, 0.29) is 0 Å². The maximum Gasteiger partial charge on any atom is 0.168 e. The highest BCUT2D eigenvalue weighted by molar-refractivity contribution is 8.02. The third-order valence-corrected chi connectivity index (χ3v) is 3.43. The zero-order valence-electron chi connectivity index (χ0n) is 11.2. The van der Waals surface area contributed by atoms with E-state index >= 15 is 0 Å². The second-order valence-corrected chi connectivity index (χ2v) is 5.16. The van der Waals surface area contributed by atoms with Crippen LogP contribution >= 0.6 is 11.8 Å². The van der Waals surface area contributed by atoms with Gasteiger partial charge >= 0.3 is 0 Å². The lowest BCUT2D eigenvalue weighted by Crippen LogP contribution is -2.08. The molecule has 0 amide bonds. The van der Waals surface area contributed by atoms with Crippen LogP contribution in [0.1, 0.15) is 12.5 Å². The molecule has 0 saturated heterocycles. The quantitative estimate of drug-likeness (QED) is 0.617. The van der Waals surface area contributed by atoms with Gasteiger partial charge in [0.2, 0.25) is 0 Å². The normalized spacial score (nSPS) is 12.7. The third-order valence-electron chi connectivity index (χ3n) is 2.75. The summed E-state index contributed by atoms with van der Waals surface area (Å²) in [5.74, 6) is 0.879. The van der Waals surface area contributed by atoms with Crippen LogP contribution in [0, 0.1) is 5.53 Å². The second-order valence-electron chi connectivity index (χ2n) is 4.13. The average molecular weight is 287 g/mol. The molecule has 0 aliphatic heterocycles. The fourth-order valence-corrected chi connectivity index (χ4v) is 2.36. The van der Waals surface area contributed by atoms with Gasteiger partial charge in [-0.05, 0) is 41.5 Å². The van der Waals surface area contributed by atoms with Crippen molar-refractivity contribution in [2.45, 2.75) is 12.4 Å². The standard InChI is InChI=1S/C15H17N3OS/c1-2-19-14-10-11(7-8-20-15(16)18-17)9-12-5-3-4-6-13(12)14/h3-10,15,17H,2,16H2,1H3/b8-7+,18-17?. The molecule has 0 fully saturated rings. The highest BCUT2D eigenvalue weighted by Crippen LogP contribution is 2.28. The van der Waals surface area contributed by atoms with Gasteiger partial charge in [0.05, 0.1) is 6.61 Å². The molecule has 1 unspecified atom stereocenters. The van der Waals surface area contributed by atoms with Crippen molar-refractivity contribution >= 4 is 28.6 Å². The summed E-state index contributed by atoms with van der Waals surface area (Å²) in [4.78, 5) is 0. The van der Waals surface area contributed by atoms with Gasteiger partial charge in [0.1, 0.15) is 5.75 Å². The molecule has 104 valence electrons. The van der Waals surface area contributed by atoms with Crippen LogP contribution in [-0.2, 0) is 0 Å². The molecule has 5 heteroatoms. The number of thioether (sulfide) groups is 1. The average Bonchev–Trinajstić information content (AvgIpc) is 2.47. The minimum atomic E-state index is -0.543. The van der Waals surface area contributed by atoms with Crippen LogP contribution < -0.4 is 10.5 Å². The molecule has 0 spiro atoms. The predicted molar refractivity (Wildman–Crippen MR) is 84.9 cm³/mol. The number of nitrogens with one attached hydrogen (secondary N) is 1. The second kappa shape index (κ2) is 7.07. The Hall–Kier alpha value is -1.85. The lowest BCUT2D eigenvalue weighted by Gasteiger charge is -2.09. The van der Waals surface area contributed by atoms with Crippen molar-refractivity contribution in [1.82, 2.24) is 0 Å². The van der Waals surface area contributed by atoms with Crippen LogP contribution in [0.2, 0.25) is 0 Å². The van der Waals surface area contributed by atoms with E-state index in [4.69, 9.17) is 16.0 Å². The van der Waals surface area contributed by atoms with Gasteiger partial charge in [0, 0.05) is 5.39 Å². The maximum absolute atomic E-state index is 6.81. The lowest BCUT2D eigenvalue weighted by atomic mass is 10.1. The van der Waals surface area contributed by atoms with Gasteiger partial charge in [-0.25, -0.2) is 5.53 Å². The number of nitrogens with two attached hydrogens (primary N) is 1. The van der Waals surface area contributed by atoms with Gasteiger partial charge in [-0.1, -0.05) is 36.0 Å². The number of ether oxygens (including phenoxy) is 1. The molecule has 0 aliphatic rings. The number of nitrogens with zero attached hydrogens (tertiary/aromatic N) is 1. The number of benzene rings is 2. The molecule has 2 aromatic rings. The fraction of sp³-hybridized carbons (Fsp3) is 0.200. The zero-order valence-corrected chi connectivity index (χ0v) is 12.1. The minimum Gasteiger partial charge on any atom is -0.493 e. The Balaban J connectivity index is 2.32. The molecule has 1 atom stereocenters. The summed E-state index contributed by atoms with van der Waals surface area (Å²) in [6, 6.07) is 12.2. The number of hydrogen-bond donors (Lipinski definition) is 2. The Morgan fingerprint density at radius 2 is 2.20 bits per heavy atom. The van der Waals surface area contributed by atoms with E-state index in [0.717, 1.165) is 22.1 Å². The first-order valence-corrected chi connectivity index (χ1v) is 7.28. The van der Waals surface area contributed by atoms with Crippen LogP contribution in [0.4, 0.5) is 0 Å². The molecular formula is C15H17N3OS. The Bertz CT molecular complexity index is 628. The first-order chi connectivity index (χ1) is 9.74. The minimum absolute atomic E-state index is 0.543. The molecule has 3 N–H and O–H groups in total. The number of hydrogen-bond acceptors (Lipinski definition) is 5. The zero-order chi connectivity index (χ0) is 14.4. The van der Waals surface area contributed by atoms with E-state index in [9.17, 15) is 0 Å². The molecule has 20 heavy (non-hydrogen) atoms. The van der Waals surface area contributed by atoms with E-state index in [2.05, 4.69) is 23.3 Å². The smallest absolute Gasteiger partial charge is 0.168 e. The number of rotatable bonds is 6. The SMILES string of the molecule is CCOc1cc(/C=C/SC(N)N=N)cc2ccccc12. The van der Waals surface area contributed by atoms with E-state index in [1.165, 1.54) is 11.8 Å². The first kappa shape index (κ1) is 14.6. The Kier molecular flexibility index (Phi) is 5.15. The third kappa shape index (κ3) is 3.59. The first-order valence-electron chi connectivity index (χ1n) is 6.34. The monoisotopic (exact) mass is 287 g/mol. The lowest BCUT2D eigenvalue weighted by molar-refractivity contribution is 0.344. The fourth-order valence-electron chi connectivity index (χ4n) is 1.90. The number of fused-ring (bicyclic) bond motifs is 1. The molecule has 2 aromatic carbocycles. The van der Waals surface area contributed by atoms with E-state index in [1.807, 2.05) is 36.6 Å². The van der Waals surface area contributed by atoms with Crippen LogP contribution in [-0.4, -0.2) is 12.1 Å². The molecule has 0 aliphatic carbocycles. The van der Waals surface area contributed by atoms with Gasteiger partial charge in [0.25, 0.3) is 0 Å². The molecule has 0 aromatic heterocycles. The summed E-state index contributed by atoms with van der Waals surface area (Å²) in [5, 5.41) is 7.33. The summed E-state index contributed by atoms with van der Waals surface area (Å²) in [7, 11) is 0. The Morgan fingerprint density at radius 3 is 2.95 bits per heavy atom. The summed E-state index contributed by atoms with van der Waals surface area (Å²) in [6.45, 7) is 2.61. The molecule has 4 nitrogen and oxygen atoms in total. The molecule has 0 bridgehead atoms. The largest absolute Gasteiger partial charge is 0.493 e. The van der Waals surface area contributed by atoms with Gasteiger partial charge in [-0.2, -0.15) is 5.11 Å². The van der Waals surface area contributed by atoms with Crippen LogP contribution in [0.5, 0.6) is 5.75 Å². The van der Waals surface area contributed by atoms with Crippen molar-refractivity contribution < 1.29 is 4.74 Å². The van der Waals surface area contributed by atoms with Crippen molar-refractivity contribution in [3.8, 4) is 5.75 Å². The summed E-state index contributed by atoms with van der Waals surface area (Å²) >= 11 is 1.30. The highest BCUT2D eigenvalue weighted by Gasteiger charge is 2.03. The highest BCUT2D eigenvalue weighted by atomic mass is 32.2. The van der Waals surface area contributed by atoms with E-state index in [0.29, 0.717) is 6.61 Å². The molecule has 0 radical (unpaired) electrons. The van der Waals surface area contributed by atoms with Gasteiger partial charge in [-0.3, -0.25) is 5.73 Å². The van der Waals surface area contributed by atoms with Crippen molar-refractivity contribution in [1.29, 1.82) is 5.53 Å². The summed E-state index contributed by atoms with van der Waals surface area (Å²) in [6.07, 6.45) is 1.95.